The fourth-order valence-electron chi connectivity index (χ4n) is 4.41. The third-order valence-corrected chi connectivity index (χ3v) is 8.48. The summed E-state index contributed by atoms with van der Waals surface area (Å²) in [5.74, 6) is -0.507. The molecule has 1 fully saturated rings. The molecule has 4 rings (SSSR count). The lowest BCUT2D eigenvalue weighted by Crippen LogP contribution is -2.44. The van der Waals surface area contributed by atoms with Gasteiger partial charge < -0.3 is 15.4 Å². The molecule has 0 bridgehead atoms. The fraction of sp³-hybridized carbons (Fsp3) is 0.440. The molecule has 1 saturated heterocycles. The minimum Gasteiger partial charge on any atom is -0.478 e. The van der Waals surface area contributed by atoms with Crippen molar-refractivity contribution in [3.63, 3.8) is 0 Å². The number of piperidine rings is 1. The van der Waals surface area contributed by atoms with E-state index in [1.807, 2.05) is 31.2 Å². The third kappa shape index (κ3) is 4.81. The molecular formula is C25H31N3O5S. The molecule has 2 aliphatic heterocycles. The van der Waals surface area contributed by atoms with Crippen LogP contribution >= 0.6 is 0 Å². The van der Waals surface area contributed by atoms with Crippen LogP contribution in [0.4, 0.5) is 11.4 Å². The molecular weight excluding hydrogens is 454 g/mol. The number of sulfonamides is 1. The maximum atomic E-state index is 13.6. The molecule has 2 atom stereocenters. The summed E-state index contributed by atoms with van der Waals surface area (Å²) in [6, 6.07) is 10.8. The van der Waals surface area contributed by atoms with Gasteiger partial charge >= 0.3 is 0 Å². The molecule has 0 spiro atoms. The number of hydrogen-bond donors (Lipinski definition) is 2. The zero-order valence-corrected chi connectivity index (χ0v) is 20.6. The zero-order valence-electron chi connectivity index (χ0n) is 19.8. The van der Waals surface area contributed by atoms with Crippen LogP contribution in [-0.4, -0.2) is 43.7 Å². The standard InChI is InChI=1S/C25H31N3O5S/c1-4-17-8-10-19(11-9-17)26-24(29)18-7-6-12-28(15-18)34(31,32)23-14-22-20(13-16(23)3)27-25(30)21(5-2)33-22/h8-11,13-14,18,21H,4-7,12,15H2,1-3H3,(H,26,29)(H,27,30)/t18-,21-/m0/s1. The molecule has 9 heteroatoms. The molecule has 8 nitrogen and oxygen atoms in total. The number of ether oxygens (including phenoxy) is 1. The third-order valence-electron chi connectivity index (χ3n) is 6.47. The quantitative estimate of drug-likeness (QED) is 0.649. The molecule has 2 heterocycles. The van der Waals surface area contributed by atoms with Gasteiger partial charge in [0.05, 0.1) is 16.5 Å². The molecule has 0 aliphatic carbocycles. The average molecular weight is 486 g/mol. The number of benzene rings is 2. The summed E-state index contributed by atoms with van der Waals surface area (Å²) in [6.07, 6.45) is 1.97. The van der Waals surface area contributed by atoms with Crippen molar-refractivity contribution in [3.8, 4) is 5.75 Å². The summed E-state index contributed by atoms with van der Waals surface area (Å²) in [5, 5.41) is 5.71. The Morgan fingerprint density at radius 2 is 1.94 bits per heavy atom. The summed E-state index contributed by atoms with van der Waals surface area (Å²) in [4.78, 5) is 25.1. The summed E-state index contributed by atoms with van der Waals surface area (Å²) < 4.78 is 34.3. The van der Waals surface area contributed by atoms with Gasteiger partial charge in [0, 0.05) is 24.8 Å². The van der Waals surface area contributed by atoms with Crippen molar-refractivity contribution >= 4 is 33.2 Å². The number of fused-ring (bicyclic) bond motifs is 1. The number of rotatable bonds is 6. The molecule has 34 heavy (non-hydrogen) atoms. The highest BCUT2D eigenvalue weighted by Crippen LogP contribution is 2.36. The van der Waals surface area contributed by atoms with E-state index in [0.29, 0.717) is 48.5 Å². The summed E-state index contributed by atoms with van der Waals surface area (Å²) >= 11 is 0. The lowest BCUT2D eigenvalue weighted by atomic mass is 9.98. The van der Waals surface area contributed by atoms with Gasteiger partial charge in [0.2, 0.25) is 15.9 Å². The number of nitrogens with one attached hydrogen (secondary N) is 2. The maximum absolute atomic E-state index is 13.6. The predicted octanol–water partition coefficient (Wildman–Crippen LogP) is 3.71. The molecule has 0 unspecified atom stereocenters. The molecule has 0 aromatic heterocycles. The van der Waals surface area contributed by atoms with Gasteiger partial charge in [-0.05, 0) is 61.9 Å². The highest BCUT2D eigenvalue weighted by atomic mass is 32.2. The van der Waals surface area contributed by atoms with E-state index in [1.165, 1.54) is 15.9 Å². The van der Waals surface area contributed by atoms with Crippen LogP contribution in [0.5, 0.6) is 5.75 Å². The van der Waals surface area contributed by atoms with Crippen molar-refractivity contribution in [2.45, 2.75) is 57.5 Å². The van der Waals surface area contributed by atoms with Crippen molar-refractivity contribution in [1.29, 1.82) is 0 Å². The molecule has 0 radical (unpaired) electrons. The average Bonchev–Trinajstić information content (AvgIpc) is 2.83. The second kappa shape index (κ2) is 9.76. The number of amides is 2. The van der Waals surface area contributed by atoms with Crippen LogP contribution in [0, 0.1) is 12.8 Å². The van der Waals surface area contributed by atoms with E-state index < -0.39 is 22.0 Å². The Bertz CT molecular complexity index is 1190. The predicted molar refractivity (Wildman–Crippen MR) is 130 cm³/mol. The van der Waals surface area contributed by atoms with Crippen molar-refractivity contribution in [3.05, 3.63) is 47.5 Å². The Kier molecular flexibility index (Phi) is 6.95. The Hall–Kier alpha value is -2.91. The lowest BCUT2D eigenvalue weighted by molar-refractivity contribution is -0.123. The molecule has 2 N–H and O–H groups in total. The number of aryl methyl sites for hydroxylation is 2. The minimum absolute atomic E-state index is 0.118. The van der Waals surface area contributed by atoms with Crippen molar-refractivity contribution in [2.75, 3.05) is 23.7 Å². The number of nitrogens with zero attached hydrogens (tertiary/aromatic N) is 1. The molecule has 2 aliphatic rings. The molecule has 2 aromatic rings. The van der Waals surface area contributed by atoms with Crippen molar-refractivity contribution < 1.29 is 22.7 Å². The fourth-order valence-corrected chi connectivity index (χ4v) is 6.16. The SMILES string of the molecule is CCc1ccc(NC(=O)[C@H]2CCCN(S(=O)(=O)c3cc4c(cc3C)NC(=O)[C@H](CC)O4)C2)cc1. The second-order valence-electron chi connectivity index (χ2n) is 8.86. The smallest absolute Gasteiger partial charge is 0.265 e. The Labute approximate surface area is 200 Å². The maximum Gasteiger partial charge on any atom is 0.265 e. The Morgan fingerprint density at radius 3 is 2.62 bits per heavy atom. The van der Waals surface area contributed by atoms with Gasteiger partial charge in [-0.2, -0.15) is 4.31 Å². The Morgan fingerprint density at radius 1 is 1.21 bits per heavy atom. The monoisotopic (exact) mass is 485 g/mol. The van der Waals surface area contributed by atoms with Crippen LogP contribution in [-0.2, 0) is 26.0 Å². The normalized spacial score (nSPS) is 20.7. The number of carbonyl (C=O) groups excluding carboxylic acids is 2. The van der Waals surface area contributed by atoms with Gasteiger partial charge in [0.25, 0.3) is 5.91 Å². The first-order valence-corrected chi connectivity index (χ1v) is 13.2. The van der Waals surface area contributed by atoms with Gasteiger partial charge in [-0.15, -0.1) is 0 Å². The van der Waals surface area contributed by atoms with Gasteiger partial charge in [-0.25, -0.2) is 8.42 Å². The Balaban J connectivity index is 1.52. The lowest BCUT2D eigenvalue weighted by Gasteiger charge is -2.32. The van der Waals surface area contributed by atoms with Gasteiger partial charge in [-0.1, -0.05) is 26.0 Å². The molecule has 2 amide bonds. The highest BCUT2D eigenvalue weighted by Gasteiger charge is 2.36. The van der Waals surface area contributed by atoms with E-state index in [0.717, 1.165) is 6.42 Å². The van der Waals surface area contributed by atoms with Crippen LogP contribution in [0.25, 0.3) is 0 Å². The second-order valence-corrected chi connectivity index (χ2v) is 10.8. The van der Waals surface area contributed by atoms with E-state index in [2.05, 4.69) is 17.6 Å². The van der Waals surface area contributed by atoms with Crippen LogP contribution in [0.2, 0.25) is 0 Å². The van der Waals surface area contributed by atoms with E-state index in [9.17, 15) is 18.0 Å². The van der Waals surface area contributed by atoms with Crippen molar-refractivity contribution in [2.24, 2.45) is 5.92 Å². The van der Waals surface area contributed by atoms with Crippen LogP contribution < -0.4 is 15.4 Å². The largest absolute Gasteiger partial charge is 0.478 e. The first kappa shape index (κ1) is 24.2. The zero-order chi connectivity index (χ0) is 24.5. The number of carbonyl (C=O) groups is 2. The van der Waals surface area contributed by atoms with E-state index in [1.54, 1.807) is 13.0 Å². The highest BCUT2D eigenvalue weighted by molar-refractivity contribution is 7.89. The van der Waals surface area contributed by atoms with E-state index in [-0.39, 0.29) is 23.3 Å². The molecule has 2 aromatic carbocycles. The topological polar surface area (TPSA) is 105 Å². The first-order chi connectivity index (χ1) is 16.2. The van der Waals surface area contributed by atoms with Crippen LogP contribution in [0.3, 0.4) is 0 Å². The van der Waals surface area contributed by atoms with Gasteiger partial charge in [-0.3, -0.25) is 9.59 Å². The minimum atomic E-state index is -3.85. The number of anilines is 2. The van der Waals surface area contributed by atoms with E-state index in [4.69, 9.17) is 4.74 Å². The first-order valence-electron chi connectivity index (χ1n) is 11.7. The van der Waals surface area contributed by atoms with E-state index >= 15 is 0 Å². The summed E-state index contributed by atoms with van der Waals surface area (Å²) in [6.45, 7) is 6.06. The number of hydrogen-bond acceptors (Lipinski definition) is 5. The molecule has 0 saturated carbocycles. The van der Waals surface area contributed by atoms with Crippen LogP contribution in [0.15, 0.2) is 41.3 Å². The van der Waals surface area contributed by atoms with Crippen molar-refractivity contribution in [1.82, 2.24) is 4.31 Å². The summed E-state index contributed by atoms with van der Waals surface area (Å²) in [7, 11) is -3.85. The van der Waals surface area contributed by atoms with Crippen LogP contribution in [0.1, 0.15) is 44.2 Å². The van der Waals surface area contributed by atoms with Gasteiger partial charge in [0.1, 0.15) is 5.75 Å². The summed E-state index contributed by atoms with van der Waals surface area (Å²) in [5.41, 5.74) is 2.87. The van der Waals surface area contributed by atoms with Gasteiger partial charge in [0.15, 0.2) is 6.10 Å². The molecule has 182 valence electrons.